The van der Waals surface area contributed by atoms with Crippen LogP contribution in [0.2, 0.25) is 0 Å². The minimum atomic E-state index is -4.10. The zero-order valence-corrected chi connectivity index (χ0v) is 7.17. The Bertz CT molecular complexity index is 140. The second kappa shape index (κ2) is 5.19. The van der Waals surface area contributed by atoms with Crippen LogP contribution in [0.4, 0.5) is 13.2 Å². The first-order valence-electron chi connectivity index (χ1n) is 3.90. The lowest BCUT2D eigenvalue weighted by molar-refractivity contribution is -0.124. The molecule has 0 atom stereocenters. The van der Waals surface area contributed by atoms with Crippen molar-refractivity contribution >= 4 is 0 Å². The van der Waals surface area contributed by atoms with Crippen molar-refractivity contribution in [3.63, 3.8) is 0 Å². The number of halogens is 3. The SMILES string of the molecule is C=C(CC)CCNCC(F)(F)F. The molecule has 0 aliphatic carbocycles. The molecule has 0 rings (SSSR count). The molecule has 0 aromatic carbocycles. The van der Waals surface area contributed by atoms with E-state index in [9.17, 15) is 13.2 Å². The van der Waals surface area contributed by atoms with E-state index in [0.29, 0.717) is 13.0 Å². The molecule has 1 nitrogen and oxygen atoms in total. The lowest BCUT2D eigenvalue weighted by Crippen LogP contribution is -2.29. The topological polar surface area (TPSA) is 12.0 Å². The Hall–Kier alpha value is -0.510. The van der Waals surface area contributed by atoms with Gasteiger partial charge in [0.25, 0.3) is 0 Å². The second-order valence-electron chi connectivity index (χ2n) is 2.65. The summed E-state index contributed by atoms with van der Waals surface area (Å²) in [7, 11) is 0. The number of rotatable bonds is 5. The molecule has 0 aromatic heterocycles. The van der Waals surface area contributed by atoms with Gasteiger partial charge in [-0.1, -0.05) is 19.1 Å². The van der Waals surface area contributed by atoms with Crippen LogP contribution in [0, 0.1) is 0 Å². The van der Waals surface area contributed by atoms with Crippen LogP contribution in [0.5, 0.6) is 0 Å². The molecule has 0 saturated heterocycles. The molecule has 0 aliphatic rings. The Kier molecular flexibility index (Phi) is 4.97. The van der Waals surface area contributed by atoms with Crippen LogP contribution in [0.25, 0.3) is 0 Å². The number of nitrogens with one attached hydrogen (secondary N) is 1. The van der Waals surface area contributed by atoms with Gasteiger partial charge in [-0.3, -0.25) is 0 Å². The fraction of sp³-hybridized carbons (Fsp3) is 0.750. The van der Waals surface area contributed by atoms with Gasteiger partial charge in [-0.15, -0.1) is 0 Å². The molecule has 0 radical (unpaired) electrons. The van der Waals surface area contributed by atoms with E-state index in [1.54, 1.807) is 0 Å². The highest BCUT2D eigenvalue weighted by molar-refractivity contribution is 4.92. The summed E-state index contributed by atoms with van der Waals surface area (Å²) < 4.78 is 34.7. The summed E-state index contributed by atoms with van der Waals surface area (Å²) in [6, 6.07) is 0. The summed E-state index contributed by atoms with van der Waals surface area (Å²) in [5, 5.41) is 2.30. The molecule has 0 saturated carbocycles. The van der Waals surface area contributed by atoms with Crippen LogP contribution in [-0.4, -0.2) is 19.3 Å². The van der Waals surface area contributed by atoms with Gasteiger partial charge in [-0.05, 0) is 19.4 Å². The molecular formula is C8H14F3N. The molecule has 0 aliphatic heterocycles. The van der Waals surface area contributed by atoms with Crippen molar-refractivity contribution in [2.75, 3.05) is 13.1 Å². The Balaban J connectivity index is 3.28. The average molecular weight is 181 g/mol. The first-order valence-corrected chi connectivity index (χ1v) is 3.90. The number of alkyl halides is 3. The van der Waals surface area contributed by atoms with Crippen LogP contribution >= 0.6 is 0 Å². The van der Waals surface area contributed by atoms with Gasteiger partial charge in [0.15, 0.2) is 0 Å². The largest absolute Gasteiger partial charge is 0.401 e. The first-order chi connectivity index (χ1) is 5.45. The Morgan fingerprint density at radius 2 is 2.00 bits per heavy atom. The van der Waals surface area contributed by atoms with Crippen molar-refractivity contribution in [3.05, 3.63) is 12.2 Å². The van der Waals surface area contributed by atoms with Crippen molar-refractivity contribution in [2.45, 2.75) is 25.9 Å². The van der Waals surface area contributed by atoms with E-state index >= 15 is 0 Å². The smallest absolute Gasteiger partial charge is 0.308 e. The quantitative estimate of drug-likeness (QED) is 0.507. The lowest BCUT2D eigenvalue weighted by Gasteiger charge is -2.08. The molecule has 12 heavy (non-hydrogen) atoms. The van der Waals surface area contributed by atoms with Gasteiger partial charge >= 0.3 is 6.18 Å². The Morgan fingerprint density at radius 1 is 1.42 bits per heavy atom. The zero-order valence-electron chi connectivity index (χ0n) is 7.17. The monoisotopic (exact) mass is 181 g/mol. The standard InChI is InChI=1S/C8H14F3N/c1-3-7(2)4-5-12-6-8(9,10)11/h12H,2-6H2,1H3. The summed E-state index contributed by atoms with van der Waals surface area (Å²) in [4.78, 5) is 0. The van der Waals surface area contributed by atoms with Crippen molar-refractivity contribution < 1.29 is 13.2 Å². The van der Waals surface area contributed by atoms with Crippen molar-refractivity contribution in [2.24, 2.45) is 0 Å². The summed E-state index contributed by atoms with van der Waals surface area (Å²) in [5.74, 6) is 0. The van der Waals surface area contributed by atoms with E-state index in [0.717, 1.165) is 12.0 Å². The summed E-state index contributed by atoms with van der Waals surface area (Å²) in [6.07, 6.45) is -2.66. The normalized spacial score (nSPS) is 11.7. The van der Waals surface area contributed by atoms with Crippen LogP contribution in [0.1, 0.15) is 19.8 Å². The third kappa shape index (κ3) is 7.60. The number of hydrogen-bond acceptors (Lipinski definition) is 1. The van der Waals surface area contributed by atoms with Gasteiger partial charge in [0, 0.05) is 0 Å². The van der Waals surface area contributed by atoms with Crippen molar-refractivity contribution in [3.8, 4) is 0 Å². The minimum absolute atomic E-state index is 0.353. The Labute approximate surface area is 70.7 Å². The van der Waals surface area contributed by atoms with Crippen LogP contribution in [0.15, 0.2) is 12.2 Å². The van der Waals surface area contributed by atoms with E-state index in [4.69, 9.17) is 0 Å². The predicted molar refractivity (Wildman–Crippen MR) is 43.0 cm³/mol. The van der Waals surface area contributed by atoms with Gasteiger partial charge in [-0.25, -0.2) is 0 Å². The predicted octanol–water partition coefficient (Wildman–Crippen LogP) is 2.49. The number of hydrogen-bond donors (Lipinski definition) is 1. The van der Waals surface area contributed by atoms with Crippen molar-refractivity contribution in [1.29, 1.82) is 0 Å². The first kappa shape index (κ1) is 11.5. The maximum atomic E-state index is 11.6. The molecule has 1 N–H and O–H groups in total. The summed E-state index contributed by atoms with van der Waals surface area (Å²) >= 11 is 0. The minimum Gasteiger partial charge on any atom is -0.308 e. The third-order valence-corrected chi connectivity index (χ3v) is 1.48. The highest BCUT2D eigenvalue weighted by atomic mass is 19.4. The van der Waals surface area contributed by atoms with Crippen LogP contribution in [0.3, 0.4) is 0 Å². The molecule has 0 unspecified atom stereocenters. The van der Waals surface area contributed by atoms with Gasteiger partial charge in [0.05, 0.1) is 6.54 Å². The van der Waals surface area contributed by atoms with E-state index in [1.807, 2.05) is 6.92 Å². The molecule has 0 amide bonds. The molecular weight excluding hydrogens is 167 g/mol. The molecule has 4 heteroatoms. The summed E-state index contributed by atoms with van der Waals surface area (Å²) in [6.45, 7) is 5.06. The average Bonchev–Trinajstić information content (AvgIpc) is 1.96. The molecule has 0 fully saturated rings. The van der Waals surface area contributed by atoms with Gasteiger partial charge in [0.2, 0.25) is 0 Å². The maximum Gasteiger partial charge on any atom is 0.401 e. The van der Waals surface area contributed by atoms with E-state index in [-0.39, 0.29) is 0 Å². The molecule has 0 spiro atoms. The second-order valence-corrected chi connectivity index (χ2v) is 2.65. The highest BCUT2D eigenvalue weighted by Crippen LogP contribution is 2.12. The third-order valence-electron chi connectivity index (χ3n) is 1.48. The van der Waals surface area contributed by atoms with Gasteiger partial charge < -0.3 is 5.32 Å². The lowest BCUT2D eigenvalue weighted by atomic mass is 10.2. The van der Waals surface area contributed by atoms with E-state index < -0.39 is 12.7 Å². The maximum absolute atomic E-state index is 11.6. The molecule has 0 heterocycles. The van der Waals surface area contributed by atoms with Gasteiger partial charge in [0.1, 0.15) is 0 Å². The zero-order chi connectivity index (χ0) is 9.61. The van der Waals surface area contributed by atoms with Crippen molar-refractivity contribution in [1.82, 2.24) is 5.32 Å². The summed E-state index contributed by atoms with van der Waals surface area (Å²) in [5.41, 5.74) is 0.977. The van der Waals surface area contributed by atoms with E-state index in [1.165, 1.54) is 0 Å². The van der Waals surface area contributed by atoms with Crippen LogP contribution in [-0.2, 0) is 0 Å². The molecule has 0 bridgehead atoms. The fourth-order valence-corrected chi connectivity index (χ4v) is 0.672. The fourth-order valence-electron chi connectivity index (χ4n) is 0.672. The van der Waals surface area contributed by atoms with Gasteiger partial charge in [-0.2, -0.15) is 13.2 Å². The molecule has 0 aromatic rings. The Morgan fingerprint density at radius 3 is 2.42 bits per heavy atom. The van der Waals surface area contributed by atoms with E-state index in [2.05, 4.69) is 11.9 Å². The molecule has 72 valence electrons. The van der Waals surface area contributed by atoms with Crippen LogP contribution < -0.4 is 5.32 Å². The highest BCUT2D eigenvalue weighted by Gasteiger charge is 2.25.